The van der Waals surface area contributed by atoms with Crippen LogP contribution < -0.4 is 20.9 Å². The molecule has 2 atom stereocenters. The lowest BCUT2D eigenvalue weighted by molar-refractivity contribution is -0.122. The summed E-state index contributed by atoms with van der Waals surface area (Å²) in [5, 5.41) is 3.23. The predicted molar refractivity (Wildman–Crippen MR) is 120 cm³/mol. The van der Waals surface area contributed by atoms with Gasteiger partial charge in [0.05, 0.1) is 12.1 Å². The van der Waals surface area contributed by atoms with Crippen LogP contribution in [-0.4, -0.2) is 40.9 Å². The second-order valence-electron chi connectivity index (χ2n) is 8.82. The van der Waals surface area contributed by atoms with Gasteiger partial charge in [-0.1, -0.05) is 19.3 Å². The van der Waals surface area contributed by atoms with Crippen molar-refractivity contribution in [2.24, 2.45) is 11.7 Å². The van der Waals surface area contributed by atoms with E-state index in [-0.39, 0.29) is 17.9 Å². The fourth-order valence-corrected chi connectivity index (χ4v) is 5.41. The molecule has 2 unspecified atom stereocenters. The molecule has 2 aliphatic carbocycles. The van der Waals surface area contributed by atoms with Crippen LogP contribution in [0.1, 0.15) is 55.3 Å². The summed E-state index contributed by atoms with van der Waals surface area (Å²) in [4.78, 5) is 38.1. The van der Waals surface area contributed by atoms with Gasteiger partial charge in [-0.3, -0.25) is 9.59 Å². The van der Waals surface area contributed by atoms with Gasteiger partial charge in [-0.25, -0.2) is 4.98 Å². The van der Waals surface area contributed by atoms with Gasteiger partial charge in [0.1, 0.15) is 5.69 Å². The Kier molecular flexibility index (Phi) is 5.00. The summed E-state index contributed by atoms with van der Waals surface area (Å²) in [6.07, 6.45) is 9.53. The highest BCUT2D eigenvalue weighted by Crippen LogP contribution is 2.44. The van der Waals surface area contributed by atoms with E-state index in [1.165, 1.54) is 12.8 Å². The van der Waals surface area contributed by atoms with Gasteiger partial charge in [0.15, 0.2) is 5.82 Å². The molecule has 2 saturated carbocycles. The normalized spacial score (nSPS) is 23.5. The highest BCUT2D eigenvalue weighted by Gasteiger charge is 2.45. The molecule has 2 amide bonds. The van der Waals surface area contributed by atoms with Gasteiger partial charge < -0.3 is 20.9 Å². The van der Waals surface area contributed by atoms with Gasteiger partial charge in [0.2, 0.25) is 17.8 Å². The molecule has 5 rings (SSSR count). The van der Waals surface area contributed by atoms with Crippen LogP contribution in [-0.2, 0) is 4.79 Å². The van der Waals surface area contributed by atoms with Crippen molar-refractivity contribution in [3.8, 4) is 0 Å². The predicted octanol–water partition coefficient (Wildman–Crippen LogP) is 3.21. The van der Waals surface area contributed by atoms with Crippen molar-refractivity contribution in [3.63, 3.8) is 0 Å². The topological polar surface area (TPSA) is 104 Å². The van der Waals surface area contributed by atoms with E-state index < -0.39 is 5.91 Å². The first kappa shape index (κ1) is 19.8. The van der Waals surface area contributed by atoms with Crippen LogP contribution in [0.3, 0.4) is 0 Å². The van der Waals surface area contributed by atoms with E-state index in [1.807, 2.05) is 7.05 Å². The summed E-state index contributed by atoms with van der Waals surface area (Å²) in [6, 6.07) is 7.54. The van der Waals surface area contributed by atoms with Crippen LogP contribution in [0.4, 0.5) is 23.1 Å². The monoisotopic (exact) mass is 420 g/mol. The average molecular weight is 421 g/mol. The summed E-state index contributed by atoms with van der Waals surface area (Å²) in [6.45, 7) is 0. The Hall–Kier alpha value is -3.16. The molecule has 0 radical (unpaired) electrons. The van der Waals surface area contributed by atoms with Crippen LogP contribution in [0, 0.1) is 5.92 Å². The lowest BCUT2D eigenvalue weighted by Crippen LogP contribution is -2.46. The maximum Gasteiger partial charge on any atom is 0.248 e. The van der Waals surface area contributed by atoms with Gasteiger partial charge in [0.25, 0.3) is 0 Å². The zero-order valence-electron chi connectivity index (χ0n) is 17.8. The van der Waals surface area contributed by atoms with Crippen LogP contribution in [0.25, 0.3) is 0 Å². The third kappa shape index (κ3) is 3.49. The van der Waals surface area contributed by atoms with Crippen molar-refractivity contribution >= 4 is 35.0 Å². The molecule has 0 bridgehead atoms. The number of hydrogen-bond acceptors (Lipinski definition) is 6. The second kappa shape index (κ2) is 7.83. The lowest BCUT2D eigenvalue weighted by Gasteiger charge is -2.36. The third-order valence-electron chi connectivity index (χ3n) is 6.98. The van der Waals surface area contributed by atoms with Crippen molar-refractivity contribution in [3.05, 3.63) is 36.0 Å². The molecule has 2 fully saturated rings. The Morgan fingerprint density at radius 3 is 2.55 bits per heavy atom. The maximum absolute atomic E-state index is 13.2. The number of nitrogens with two attached hydrogens (primary N) is 1. The molecule has 8 heteroatoms. The van der Waals surface area contributed by atoms with Crippen molar-refractivity contribution in [2.45, 2.75) is 57.0 Å². The molecule has 3 N–H and O–H groups in total. The SMILES string of the molecule is CN1C(=O)C2CCCC2N(C2CCCC2)c2nc(Nc3ccc(C(N)=O)cc3)ncc21. The van der Waals surface area contributed by atoms with Gasteiger partial charge >= 0.3 is 0 Å². The number of primary amides is 1. The lowest BCUT2D eigenvalue weighted by atomic mass is 9.99. The Morgan fingerprint density at radius 2 is 1.84 bits per heavy atom. The zero-order chi connectivity index (χ0) is 21.5. The smallest absolute Gasteiger partial charge is 0.248 e. The summed E-state index contributed by atoms with van der Waals surface area (Å²) in [7, 11) is 1.84. The number of amides is 2. The van der Waals surface area contributed by atoms with Crippen LogP contribution in [0.5, 0.6) is 0 Å². The van der Waals surface area contributed by atoms with Crippen LogP contribution >= 0.6 is 0 Å². The number of hydrogen-bond donors (Lipinski definition) is 2. The molecule has 0 spiro atoms. The molecule has 162 valence electrons. The molecule has 3 aliphatic rings. The second-order valence-corrected chi connectivity index (χ2v) is 8.82. The first-order valence-corrected chi connectivity index (χ1v) is 11.1. The molecule has 1 aromatic carbocycles. The van der Waals surface area contributed by atoms with Crippen molar-refractivity contribution in [2.75, 3.05) is 22.2 Å². The third-order valence-corrected chi connectivity index (χ3v) is 6.98. The number of carbonyl (C=O) groups is 2. The molecular formula is C23H28N6O2. The number of nitrogens with one attached hydrogen (secondary N) is 1. The number of benzene rings is 1. The maximum atomic E-state index is 13.2. The average Bonchev–Trinajstić information content (AvgIpc) is 3.45. The Morgan fingerprint density at radius 1 is 1.10 bits per heavy atom. The largest absolute Gasteiger partial charge is 0.366 e. The van der Waals surface area contributed by atoms with Gasteiger partial charge in [-0.2, -0.15) is 4.98 Å². The zero-order valence-corrected chi connectivity index (χ0v) is 17.8. The summed E-state index contributed by atoms with van der Waals surface area (Å²) in [5.74, 6) is 1.07. The number of fused-ring (bicyclic) bond motifs is 2. The van der Waals surface area contributed by atoms with E-state index >= 15 is 0 Å². The van der Waals surface area contributed by atoms with E-state index in [0.717, 1.165) is 49.3 Å². The summed E-state index contributed by atoms with van der Waals surface area (Å²) in [5.41, 5.74) is 7.33. The summed E-state index contributed by atoms with van der Waals surface area (Å²) < 4.78 is 0. The van der Waals surface area contributed by atoms with E-state index in [2.05, 4.69) is 15.2 Å². The molecule has 31 heavy (non-hydrogen) atoms. The Labute approximate surface area is 181 Å². The quantitative estimate of drug-likeness (QED) is 0.787. The number of anilines is 4. The van der Waals surface area contributed by atoms with Gasteiger partial charge in [0, 0.05) is 30.4 Å². The van der Waals surface area contributed by atoms with Crippen molar-refractivity contribution < 1.29 is 9.59 Å². The molecule has 1 aliphatic heterocycles. The summed E-state index contributed by atoms with van der Waals surface area (Å²) >= 11 is 0. The molecule has 0 saturated heterocycles. The highest BCUT2D eigenvalue weighted by atomic mass is 16.2. The molecular weight excluding hydrogens is 392 g/mol. The first-order valence-electron chi connectivity index (χ1n) is 11.1. The number of carbonyl (C=O) groups excluding carboxylic acids is 2. The van der Waals surface area contributed by atoms with E-state index in [4.69, 9.17) is 10.7 Å². The minimum absolute atomic E-state index is 0.0255. The number of nitrogens with zero attached hydrogens (tertiary/aromatic N) is 4. The minimum atomic E-state index is -0.459. The molecule has 1 aromatic heterocycles. The van der Waals surface area contributed by atoms with E-state index in [1.54, 1.807) is 35.4 Å². The molecule has 2 aromatic rings. The highest BCUT2D eigenvalue weighted by molar-refractivity contribution is 5.99. The molecule has 2 heterocycles. The fraction of sp³-hybridized carbons (Fsp3) is 0.478. The van der Waals surface area contributed by atoms with Crippen LogP contribution in [0.15, 0.2) is 30.5 Å². The van der Waals surface area contributed by atoms with E-state index in [0.29, 0.717) is 17.6 Å². The van der Waals surface area contributed by atoms with Crippen molar-refractivity contribution in [1.82, 2.24) is 9.97 Å². The fourth-order valence-electron chi connectivity index (χ4n) is 5.41. The van der Waals surface area contributed by atoms with Crippen molar-refractivity contribution in [1.29, 1.82) is 0 Å². The van der Waals surface area contributed by atoms with E-state index in [9.17, 15) is 9.59 Å². The first-order chi connectivity index (χ1) is 15.0. The number of rotatable bonds is 4. The Balaban J connectivity index is 1.53. The molecule has 8 nitrogen and oxygen atoms in total. The standard InChI is InChI=1S/C23H28N6O2/c1-28-19-13-25-23(26-15-11-9-14(10-12-15)20(24)30)27-21(19)29(16-5-2-3-6-16)18-8-4-7-17(18)22(28)31/h9-13,16-18H,2-8H2,1H3,(H2,24,30)(H,25,26,27). The number of aromatic nitrogens is 2. The van der Waals surface area contributed by atoms with Crippen LogP contribution in [0.2, 0.25) is 0 Å². The van der Waals surface area contributed by atoms with Gasteiger partial charge in [-0.05, 0) is 49.9 Å². The van der Waals surface area contributed by atoms with Gasteiger partial charge in [-0.15, -0.1) is 0 Å². The Bertz CT molecular complexity index is 1000. The minimum Gasteiger partial charge on any atom is -0.366 e.